The SMILES string of the molecule is NCCCN(C(=O)C1CCCCC1C(F)(F)F)C1CCC1. The van der Waals surface area contributed by atoms with Gasteiger partial charge in [0.1, 0.15) is 0 Å². The van der Waals surface area contributed by atoms with Gasteiger partial charge in [-0.05, 0) is 45.1 Å². The summed E-state index contributed by atoms with van der Waals surface area (Å²) in [4.78, 5) is 14.4. The van der Waals surface area contributed by atoms with E-state index in [1.54, 1.807) is 4.90 Å². The molecule has 0 radical (unpaired) electrons. The topological polar surface area (TPSA) is 46.3 Å². The summed E-state index contributed by atoms with van der Waals surface area (Å²) in [6.07, 6.45) is 1.04. The molecule has 2 aliphatic carbocycles. The molecule has 0 aromatic heterocycles. The lowest BCUT2D eigenvalue weighted by molar-refractivity contribution is -0.201. The van der Waals surface area contributed by atoms with Gasteiger partial charge in [0.05, 0.1) is 5.92 Å². The Hall–Kier alpha value is -0.780. The molecule has 2 N–H and O–H groups in total. The van der Waals surface area contributed by atoms with E-state index in [0.29, 0.717) is 32.4 Å². The average Bonchev–Trinajstić information content (AvgIpc) is 2.39. The summed E-state index contributed by atoms with van der Waals surface area (Å²) in [5.41, 5.74) is 5.49. The molecule has 0 heterocycles. The van der Waals surface area contributed by atoms with E-state index in [-0.39, 0.29) is 18.4 Å². The van der Waals surface area contributed by atoms with Crippen molar-refractivity contribution in [3.8, 4) is 0 Å². The molecule has 0 aromatic rings. The van der Waals surface area contributed by atoms with Gasteiger partial charge in [-0.1, -0.05) is 12.8 Å². The number of rotatable bonds is 5. The van der Waals surface area contributed by atoms with Crippen LogP contribution in [0.2, 0.25) is 0 Å². The lowest BCUT2D eigenvalue weighted by atomic mass is 9.77. The molecule has 0 aromatic carbocycles. The smallest absolute Gasteiger partial charge is 0.339 e. The summed E-state index contributed by atoms with van der Waals surface area (Å²) < 4.78 is 39.5. The molecule has 2 saturated carbocycles. The van der Waals surface area contributed by atoms with E-state index in [0.717, 1.165) is 25.7 Å². The Morgan fingerprint density at radius 3 is 2.29 bits per heavy atom. The maximum Gasteiger partial charge on any atom is 0.392 e. The molecule has 6 heteroatoms. The van der Waals surface area contributed by atoms with E-state index in [9.17, 15) is 18.0 Å². The zero-order valence-corrected chi connectivity index (χ0v) is 12.4. The molecule has 2 unspecified atom stereocenters. The van der Waals surface area contributed by atoms with Crippen molar-refractivity contribution in [1.82, 2.24) is 4.90 Å². The van der Waals surface area contributed by atoms with Gasteiger partial charge in [0, 0.05) is 18.5 Å². The summed E-state index contributed by atoms with van der Waals surface area (Å²) in [5, 5.41) is 0. The Morgan fingerprint density at radius 2 is 1.76 bits per heavy atom. The monoisotopic (exact) mass is 306 g/mol. The number of alkyl halides is 3. The minimum atomic E-state index is -4.26. The molecule has 2 aliphatic rings. The number of nitrogens with zero attached hydrogens (tertiary/aromatic N) is 1. The second-order valence-corrected chi connectivity index (χ2v) is 6.30. The molecule has 1 amide bonds. The maximum absolute atomic E-state index is 13.2. The fraction of sp³-hybridized carbons (Fsp3) is 0.933. The summed E-state index contributed by atoms with van der Waals surface area (Å²) >= 11 is 0. The number of hydrogen-bond acceptors (Lipinski definition) is 2. The zero-order valence-electron chi connectivity index (χ0n) is 12.4. The molecule has 3 nitrogen and oxygen atoms in total. The van der Waals surface area contributed by atoms with Crippen LogP contribution in [-0.4, -0.2) is 36.1 Å². The van der Waals surface area contributed by atoms with Crippen molar-refractivity contribution in [1.29, 1.82) is 0 Å². The third-order valence-electron chi connectivity index (χ3n) is 4.91. The number of carbonyl (C=O) groups is 1. The van der Waals surface area contributed by atoms with Crippen LogP contribution in [0.1, 0.15) is 51.4 Å². The molecule has 2 rings (SSSR count). The predicted octanol–water partition coefficient (Wildman–Crippen LogP) is 3.09. The van der Waals surface area contributed by atoms with Crippen molar-refractivity contribution < 1.29 is 18.0 Å². The van der Waals surface area contributed by atoms with Crippen molar-refractivity contribution >= 4 is 5.91 Å². The third-order valence-corrected chi connectivity index (χ3v) is 4.91. The van der Waals surface area contributed by atoms with Crippen molar-refractivity contribution in [2.24, 2.45) is 17.6 Å². The lowest BCUT2D eigenvalue weighted by Crippen LogP contribution is -2.51. The van der Waals surface area contributed by atoms with Gasteiger partial charge in [-0.2, -0.15) is 13.2 Å². The van der Waals surface area contributed by atoms with Crippen molar-refractivity contribution in [2.45, 2.75) is 63.6 Å². The summed E-state index contributed by atoms with van der Waals surface area (Å²) in [7, 11) is 0. The third kappa shape index (κ3) is 3.90. The molecule has 2 atom stereocenters. The first-order valence-corrected chi connectivity index (χ1v) is 8.02. The first kappa shape index (κ1) is 16.6. The quantitative estimate of drug-likeness (QED) is 0.848. The van der Waals surface area contributed by atoms with Gasteiger partial charge in [-0.25, -0.2) is 0 Å². The van der Waals surface area contributed by atoms with Gasteiger partial charge < -0.3 is 10.6 Å². The van der Waals surface area contributed by atoms with Crippen LogP contribution in [0, 0.1) is 11.8 Å². The number of hydrogen-bond donors (Lipinski definition) is 1. The molecule has 0 saturated heterocycles. The van der Waals surface area contributed by atoms with Crippen LogP contribution in [-0.2, 0) is 4.79 Å². The van der Waals surface area contributed by atoms with E-state index < -0.39 is 18.0 Å². The lowest BCUT2D eigenvalue weighted by Gasteiger charge is -2.42. The normalized spacial score (nSPS) is 27.2. The highest BCUT2D eigenvalue weighted by molar-refractivity contribution is 5.79. The van der Waals surface area contributed by atoms with E-state index >= 15 is 0 Å². The van der Waals surface area contributed by atoms with E-state index in [4.69, 9.17) is 5.73 Å². The largest absolute Gasteiger partial charge is 0.392 e. The molecule has 122 valence electrons. The second-order valence-electron chi connectivity index (χ2n) is 6.30. The molecule has 21 heavy (non-hydrogen) atoms. The predicted molar refractivity (Wildman–Crippen MR) is 74.5 cm³/mol. The summed E-state index contributed by atoms with van der Waals surface area (Å²) in [6.45, 7) is 0.963. The first-order chi connectivity index (χ1) is 9.95. The Kier molecular flexibility index (Phi) is 5.52. The van der Waals surface area contributed by atoms with Crippen LogP contribution < -0.4 is 5.73 Å². The summed E-state index contributed by atoms with van der Waals surface area (Å²) in [5.74, 6) is -2.62. The second kappa shape index (κ2) is 6.99. The van der Waals surface area contributed by atoms with Gasteiger partial charge in [0.2, 0.25) is 5.91 Å². The van der Waals surface area contributed by atoms with E-state index in [1.165, 1.54) is 0 Å². The van der Waals surface area contributed by atoms with Crippen molar-refractivity contribution in [3.63, 3.8) is 0 Å². The van der Waals surface area contributed by atoms with E-state index in [1.807, 2.05) is 0 Å². The van der Waals surface area contributed by atoms with Gasteiger partial charge >= 0.3 is 6.18 Å². The fourth-order valence-electron chi connectivity index (χ4n) is 3.46. The standard InChI is InChI=1S/C15H25F3N2O/c16-15(17,18)13-8-2-1-7-12(13)14(21)20(10-4-9-19)11-5-3-6-11/h11-13H,1-10,19H2. The highest BCUT2D eigenvalue weighted by Crippen LogP contribution is 2.43. The number of amides is 1. The highest BCUT2D eigenvalue weighted by Gasteiger charge is 2.49. The minimum absolute atomic E-state index is 0.0926. The Balaban J connectivity index is 2.09. The van der Waals surface area contributed by atoms with Crippen LogP contribution >= 0.6 is 0 Å². The van der Waals surface area contributed by atoms with Crippen molar-refractivity contribution in [3.05, 3.63) is 0 Å². The van der Waals surface area contributed by atoms with Crippen LogP contribution in [0.15, 0.2) is 0 Å². The zero-order chi connectivity index (χ0) is 15.5. The molecule has 0 bridgehead atoms. The first-order valence-electron chi connectivity index (χ1n) is 8.02. The van der Waals surface area contributed by atoms with E-state index in [2.05, 4.69) is 0 Å². The Morgan fingerprint density at radius 1 is 1.10 bits per heavy atom. The number of nitrogens with two attached hydrogens (primary N) is 1. The van der Waals surface area contributed by atoms with Crippen LogP contribution in [0.25, 0.3) is 0 Å². The maximum atomic E-state index is 13.2. The van der Waals surface area contributed by atoms with Crippen LogP contribution in [0.4, 0.5) is 13.2 Å². The highest BCUT2D eigenvalue weighted by atomic mass is 19.4. The Labute approximate surface area is 124 Å². The molecule has 0 aliphatic heterocycles. The molecular weight excluding hydrogens is 281 g/mol. The van der Waals surface area contributed by atoms with Crippen molar-refractivity contribution in [2.75, 3.05) is 13.1 Å². The molecular formula is C15H25F3N2O. The van der Waals surface area contributed by atoms with Crippen LogP contribution in [0.5, 0.6) is 0 Å². The van der Waals surface area contributed by atoms with Gasteiger partial charge in [0.15, 0.2) is 0 Å². The van der Waals surface area contributed by atoms with Gasteiger partial charge in [-0.3, -0.25) is 4.79 Å². The van der Waals surface area contributed by atoms with Gasteiger partial charge in [0.25, 0.3) is 0 Å². The molecule has 0 spiro atoms. The van der Waals surface area contributed by atoms with Gasteiger partial charge in [-0.15, -0.1) is 0 Å². The summed E-state index contributed by atoms with van der Waals surface area (Å²) in [6, 6.07) is 0.139. The number of halogens is 3. The molecule has 2 fully saturated rings. The number of carbonyl (C=O) groups excluding carboxylic acids is 1. The van der Waals surface area contributed by atoms with Crippen LogP contribution in [0.3, 0.4) is 0 Å². The average molecular weight is 306 g/mol. The fourth-order valence-corrected chi connectivity index (χ4v) is 3.46. The Bertz CT molecular complexity index is 355. The minimum Gasteiger partial charge on any atom is -0.339 e.